The van der Waals surface area contributed by atoms with Crippen LogP contribution < -0.4 is 11.0 Å². The zero-order valence-electron chi connectivity index (χ0n) is 17.0. The van der Waals surface area contributed by atoms with Gasteiger partial charge in [-0.05, 0) is 43.5 Å². The van der Waals surface area contributed by atoms with Gasteiger partial charge in [0.05, 0.1) is 11.9 Å². The smallest absolute Gasteiger partial charge is 0.266 e. The summed E-state index contributed by atoms with van der Waals surface area (Å²) in [5.74, 6) is -0.605. The van der Waals surface area contributed by atoms with Gasteiger partial charge in [0.25, 0.3) is 11.5 Å². The maximum Gasteiger partial charge on any atom is 0.292 e. The van der Waals surface area contributed by atoms with Crippen molar-refractivity contribution < 1.29 is 4.79 Å². The summed E-state index contributed by atoms with van der Waals surface area (Å²) < 4.78 is 1.07. The van der Waals surface area contributed by atoms with E-state index in [0.717, 1.165) is 27.8 Å². The van der Waals surface area contributed by atoms with Crippen LogP contribution in [0.3, 0.4) is 0 Å². The average molecular weight is 399 g/mol. The number of nitrogens with one attached hydrogen (secondary N) is 1. The second-order valence-electron chi connectivity index (χ2n) is 6.81. The van der Waals surface area contributed by atoms with E-state index in [1.807, 2.05) is 56.3 Å². The van der Waals surface area contributed by atoms with Crippen molar-refractivity contribution in [2.24, 2.45) is 5.10 Å². The molecule has 0 bridgehead atoms. The van der Waals surface area contributed by atoms with Crippen LogP contribution in [0.2, 0.25) is 0 Å². The number of hydrazone groups is 1. The van der Waals surface area contributed by atoms with Crippen molar-refractivity contribution in [1.29, 1.82) is 5.26 Å². The molecule has 2 aromatic carbocycles. The van der Waals surface area contributed by atoms with Crippen molar-refractivity contribution in [3.8, 4) is 11.8 Å². The summed E-state index contributed by atoms with van der Waals surface area (Å²) in [4.78, 5) is 25.4. The molecule has 0 spiro atoms. The lowest BCUT2D eigenvalue weighted by atomic mass is 10.1. The van der Waals surface area contributed by atoms with E-state index >= 15 is 0 Å². The number of aromatic nitrogens is 2. The van der Waals surface area contributed by atoms with Crippen molar-refractivity contribution in [1.82, 2.24) is 15.2 Å². The summed E-state index contributed by atoms with van der Waals surface area (Å²) >= 11 is 0. The maximum absolute atomic E-state index is 12.7. The first-order chi connectivity index (χ1) is 14.4. The number of aryl methyl sites for hydroxylation is 2. The molecule has 0 aliphatic rings. The number of hydrogen-bond donors (Lipinski definition) is 1. The first-order valence-corrected chi connectivity index (χ1v) is 9.48. The van der Waals surface area contributed by atoms with Gasteiger partial charge in [0, 0.05) is 5.56 Å². The summed E-state index contributed by atoms with van der Waals surface area (Å²) in [5, 5.41) is 17.6. The predicted molar refractivity (Wildman–Crippen MR) is 115 cm³/mol. The summed E-state index contributed by atoms with van der Waals surface area (Å²) in [7, 11) is 0. The van der Waals surface area contributed by atoms with Crippen molar-refractivity contribution in [2.75, 3.05) is 0 Å². The molecule has 1 N–H and O–H groups in total. The highest BCUT2D eigenvalue weighted by Crippen LogP contribution is 2.12. The summed E-state index contributed by atoms with van der Waals surface area (Å²) in [6.07, 6.45) is 2.37. The number of rotatable bonds is 5. The molecule has 1 amide bonds. The number of amides is 1. The number of nitriles is 1. The largest absolute Gasteiger partial charge is 0.292 e. The molecule has 0 saturated heterocycles. The Balaban J connectivity index is 1.95. The third kappa shape index (κ3) is 4.33. The van der Waals surface area contributed by atoms with E-state index < -0.39 is 11.5 Å². The molecule has 0 aliphatic carbocycles. The van der Waals surface area contributed by atoms with Crippen LogP contribution in [-0.4, -0.2) is 21.9 Å². The molecule has 3 rings (SSSR count). The Hall–Kier alpha value is -4.05. The first kappa shape index (κ1) is 20.7. The van der Waals surface area contributed by atoms with Crippen LogP contribution in [-0.2, 0) is 6.42 Å². The van der Waals surface area contributed by atoms with E-state index in [2.05, 4.69) is 15.6 Å². The fraction of sp³-hybridized carbons (Fsp3) is 0.174. The Bertz CT molecular complexity index is 1200. The van der Waals surface area contributed by atoms with Gasteiger partial charge in [-0.2, -0.15) is 20.1 Å². The van der Waals surface area contributed by atoms with Crippen LogP contribution in [0.15, 0.2) is 58.4 Å². The molecular weight excluding hydrogens is 378 g/mol. The van der Waals surface area contributed by atoms with Crippen LogP contribution in [0.5, 0.6) is 0 Å². The summed E-state index contributed by atoms with van der Waals surface area (Å²) in [6.45, 7) is 5.53. The predicted octanol–water partition coefficient (Wildman–Crippen LogP) is 3.05. The van der Waals surface area contributed by atoms with Crippen LogP contribution in [0.1, 0.15) is 45.2 Å². The Morgan fingerprint density at radius 1 is 1.17 bits per heavy atom. The van der Waals surface area contributed by atoms with Gasteiger partial charge in [-0.3, -0.25) is 9.59 Å². The van der Waals surface area contributed by atoms with E-state index in [1.54, 1.807) is 12.1 Å². The molecule has 1 heterocycles. The highest BCUT2D eigenvalue weighted by molar-refractivity contribution is 5.94. The number of carbonyl (C=O) groups is 1. The standard InChI is InChI=1S/C23H21N5O2/c1-4-17-9-11-19(12-10-17)28-23(30)20(13-24)16(3)21(27-28)22(29)26-25-14-18-7-5-15(2)6-8-18/h5-12,14H,4H2,1-3H3,(H,26,29)/b25-14+. The van der Waals surface area contributed by atoms with Gasteiger partial charge in [-0.25, -0.2) is 5.43 Å². The normalized spacial score (nSPS) is 10.7. The van der Waals surface area contributed by atoms with Gasteiger partial charge in [-0.15, -0.1) is 0 Å². The summed E-state index contributed by atoms with van der Waals surface area (Å²) in [6, 6.07) is 16.7. The number of carbonyl (C=O) groups excluding carboxylic acids is 1. The molecule has 0 aliphatic heterocycles. The Kier molecular flexibility index (Phi) is 6.18. The molecule has 1 aromatic heterocycles. The molecule has 7 heteroatoms. The molecule has 0 saturated carbocycles. The lowest BCUT2D eigenvalue weighted by molar-refractivity contribution is 0.0947. The van der Waals surface area contributed by atoms with Gasteiger partial charge in [0.15, 0.2) is 5.69 Å². The topological polar surface area (TPSA) is 100 Å². The van der Waals surface area contributed by atoms with Gasteiger partial charge >= 0.3 is 0 Å². The molecule has 150 valence electrons. The lowest BCUT2D eigenvalue weighted by Crippen LogP contribution is -2.31. The SMILES string of the molecule is CCc1ccc(-n2nc(C(=O)N/N=C/c3ccc(C)cc3)c(C)c(C#N)c2=O)cc1. The molecule has 0 atom stereocenters. The Morgan fingerprint density at radius 3 is 2.43 bits per heavy atom. The third-order valence-electron chi connectivity index (χ3n) is 4.71. The Labute approximate surface area is 174 Å². The molecule has 7 nitrogen and oxygen atoms in total. The van der Waals surface area contributed by atoms with Crippen molar-refractivity contribution >= 4 is 12.1 Å². The van der Waals surface area contributed by atoms with Crippen molar-refractivity contribution in [2.45, 2.75) is 27.2 Å². The zero-order valence-corrected chi connectivity index (χ0v) is 17.0. The zero-order chi connectivity index (χ0) is 21.7. The third-order valence-corrected chi connectivity index (χ3v) is 4.71. The molecule has 0 radical (unpaired) electrons. The van der Waals surface area contributed by atoms with Gasteiger partial charge in [0.1, 0.15) is 11.6 Å². The second kappa shape index (κ2) is 8.97. The second-order valence-corrected chi connectivity index (χ2v) is 6.81. The van der Waals surface area contributed by atoms with Gasteiger partial charge in [0.2, 0.25) is 0 Å². The number of hydrogen-bond acceptors (Lipinski definition) is 5. The van der Waals surface area contributed by atoms with Gasteiger partial charge in [-0.1, -0.05) is 48.9 Å². The fourth-order valence-corrected chi connectivity index (χ4v) is 2.87. The van der Waals surface area contributed by atoms with Crippen LogP contribution in [0, 0.1) is 25.2 Å². The molecule has 0 fully saturated rings. The number of nitrogens with zero attached hydrogens (tertiary/aromatic N) is 4. The first-order valence-electron chi connectivity index (χ1n) is 9.48. The number of benzene rings is 2. The monoisotopic (exact) mass is 399 g/mol. The van der Waals surface area contributed by atoms with Crippen molar-refractivity contribution in [3.63, 3.8) is 0 Å². The van der Waals surface area contributed by atoms with E-state index in [9.17, 15) is 14.9 Å². The highest BCUT2D eigenvalue weighted by Gasteiger charge is 2.20. The van der Waals surface area contributed by atoms with Crippen LogP contribution in [0.4, 0.5) is 0 Å². The van der Waals surface area contributed by atoms with Gasteiger partial charge < -0.3 is 0 Å². The highest BCUT2D eigenvalue weighted by atomic mass is 16.2. The van der Waals surface area contributed by atoms with E-state index in [4.69, 9.17) is 0 Å². The van der Waals surface area contributed by atoms with E-state index in [0.29, 0.717) is 5.69 Å². The van der Waals surface area contributed by atoms with Crippen LogP contribution in [0.25, 0.3) is 5.69 Å². The summed E-state index contributed by atoms with van der Waals surface area (Å²) in [5.41, 5.74) is 5.42. The maximum atomic E-state index is 12.7. The average Bonchev–Trinajstić information content (AvgIpc) is 2.75. The lowest BCUT2D eigenvalue weighted by Gasteiger charge is -2.11. The molecule has 3 aromatic rings. The quantitative estimate of drug-likeness (QED) is 0.526. The minimum atomic E-state index is -0.605. The minimum Gasteiger partial charge on any atom is -0.266 e. The fourth-order valence-electron chi connectivity index (χ4n) is 2.87. The van der Waals surface area contributed by atoms with E-state index in [1.165, 1.54) is 13.1 Å². The van der Waals surface area contributed by atoms with Crippen LogP contribution >= 0.6 is 0 Å². The van der Waals surface area contributed by atoms with E-state index in [-0.39, 0.29) is 16.8 Å². The molecular formula is C23H21N5O2. The molecule has 30 heavy (non-hydrogen) atoms. The van der Waals surface area contributed by atoms with Crippen molar-refractivity contribution in [3.05, 3.63) is 92.4 Å². The molecule has 0 unspecified atom stereocenters. The Morgan fingerprint density at radius 2 is 1.83 bits per heavy atom. The minimum absolute atomic E-state index is 0.0354.